The zero-order valence-electron chi connectivity index (χ0n) is 9.97. The van der Waals surface area contributed by atoms with Gasteiger partial charge in [0.15, 0.2) is 5.78 Å². The van der Waals surface area contributed by atoms with E-state index in [1.807, 2.05) is 6.92 Å². The van der Waals surface area contributed by atoms with Crippen LogP contribution in [-0.2, 0) is 4.79 Å². The first kappa shape index (κ1) is 11.1. The Kier molecular flexibility index (Phi) is 2.43. The van der Waals surface area contributed by atoms with Crippen LogP contribution >= 0.6 is 0 Å². The van der Waals surface area contributed by atoms with Crippen molar-refractivity contribution in [3.8, 4) is 0 Å². The largest absolute Gasteiger partial charge is 0.329 e. The van der Waals surface area contributed by atoms with Gasteiger partial charge in [0, 0.05) is 19.5 Å². The number of fused-ring (bicyclic) bond motifs is 1. The van der Waals surface area contributed by atoms with Crippen molar-refractivity contribution >= 4 is 5.78 Å². The standard InChI is InChI=1S/C12H22N2O/c1-11(2)8-6-10(15)12(3,7-9(8)11)14-5-4-13/h8-9,14H,4-7,13H2,1-3H3/t8-,9+,12+/m1/s1. The number of rotatable bonds is 3. The minimum Gasteiger partial charge on any atom is -0.329 e. The van der Waals surface area contributed by atoms with Gasteiger partial charge >= 0.3 is 0 Å². The van der Waals surface area contributed by atoms with E-state index in [-0.39, 0.29) is 5.54 Å². The summed E-state index contributed by atoms with van der Waals surface area (Å²) in [6.45, 7) is 7.94. The lowest BCUT2D eigenvalue weighted by atomic mass is 9.82. The van der Waals surface area contributed by atoms with Crippen LogP contribution in [0.15, 0.2) is 0 Å². The van der Waals surface area contributed by atoms with Crippen LogP contribution in [0.4, 0.5) is 0 Å². The fourth-order valence-electron chi connectivity index (χ4n) is 3.17. The van der Waals surface area contributed by atoms with Gasteiger partial charge in [-0.1, -0.05) is 13.8 Å². The molecule has 0 aromatic heterocycles. The lowest BCUT2D eigenvalue weighted by molar-refractivity contribution is -0.127. The molecule has 3 N–H and O–H groups in total. The Morgan fingerprint density at radius 2 is 2.07 bits per heavy atom. The molecule has 0 radical (unpaired) electrons. The Balaban J connectivity index is 2.05. The molecule has 2 aliphatic carbocycles. The smallest absolute Gasteiger partial charge is 0.152 e. The van der Waals surface area contributed by atoms with Crippen molar-refractivity contribution in [3.63, 3.8) is 0 Å². The van der Waals surface area contributed by atoms with E-state index < -0.39 is 0 Å². The third kappa shape index (κ3) is 1.62. The maximum Gasteiger partial charge on any atom is 0.152 e. The van der Waals surface area contributed by atoms with Crippen LogP contribution in [0.2, 0.25) is 0 Å². The number of nitrogens with one attached hydrogen (secondary N) is 1. The summed E-state index contributed by atoms with van der Waals surface area (Å²) in [4.78, 5) is 12.0. The minimum absolute atomic E-state index is 0.311. The molecule has 2 rings (SSSR count). The summed E-state index contributed by atoms with van der Waals surface area (Å²) in [6, 6.07) is 0. The molecular formula is C12H22N2O. The molecule has 0 amide bonds. The molecule has 0 bridgehead atoms. The number of hydrogen-bond acceptors (Lipinski definition) is 3. The Morgan fingerprint density at radius 3 is 2.67 bits per heavy atom. The molecule has 0 spiro atoms. The first-order valence-electron chi connectivity index (χ1n) is 5.90. The molecule has 86 valence electrons. The van der Waals surface area contributed by atoms with E-state index >= 15 is 0 Å². The molecule has 0 aromatic carbocycles. The first-order chi connectivity index (χ1) is 6.92. The van der Waals surface area contributed by atoms with Gasteiger partial charge in [-0.3, -0.25) is 4.79 Å². The number of carbonyl (C=O) groups excluding carboxylic acids is 1. The predicted octanol–water partition coefficient (Wildman–Crippen LogP) is 0.929. The molecule has 3 nitrogen and oxygen atoms in total. The maximum absolute atomic E-state index is 12.0. The van der Waals surface area contributed by atoms with Crippen LogP contribution in [0.5, 0.6) is 0 Å². The molecule has 0 aromatic rings. The Labute approximate surface area is 91.8 Å². The zero-order chi connectivity index (χ0) is 11.3. The highest BCUT2D eigenvalue weighted by Gasteiger charge is 2.63. The van der Waals surface area contributed by atoms with Gasteiger partial charge in [-0.15, -0.1) is 0 Å². The topological polar surface area (TPSA) is 55.1 Å². The zero-order valence-corrected chi connectivity index (χ0v) is 9.97. The van der Waals surface area contributed by atoms with Gasteiger partial charge in [0.25, 0.3) is 0 Å². The molecule has 0 heterocycles. The number of nitrogens with two attached hydrogens (primary N) is 1. The van der Waals surface area contributed by atoms with E-state index in [0.717, 1.165) is 25.3 Å². The second-order valence-corrected chi connectivity index (χ2v) is 5.91. The van der Waals surface area contributed by atoms with E-state index in [4.69, 9.17) is 5.73 Å². The van der Waals surface area contributed by atoms with Crippen molar-refractivity contribution in [2.75, 3.05) is 13.1 Å². The number of hydrogen-bond donors (Lipinski definition) is 2. The van der Waals surface area contributed by atoms with Crippen molar-refractivity contribution in [1.29, 1.82) is 0 Å². The van der Waals surface area contributed by atoms with Gasteiger partial charge in [-0.25, -0.2) is 0 Å². The third-order valence-electron chi connectivity index (χ3n) is 4.60. The quantitative estimate of drug-likeness (QED) is 0.728. The Morgan fingerprint density at radius 1 is 1.40 bits per heavy atom. The van der Waals surface area contributed by atoms with Gasteiger partial charge in [-0.05, 0) is 30.6 Å². The van der Waals surface area contributed by atoms with Crippen LogP contribution in [0.1, 0.15) is 33.6 Å². The lowest BCUT2D eigenvalue weighted by Gasteiger charge is -2.32. The molecular weight excluding hydrogens is 188 g/mol. The number of carbonyl (C=O) groups is 1. The van der Waals surface area contributed by atoms with Gasteiger partial charge in [-0.2, -0.15) is 0 Å². The maximum atomic E-state index is 12.0. The van der Waals surface area contributed by atoms with Crippen molar-refractivity contribution in [2.24, 2.45) is 23.0 Å². The molecule has 2 saturated carbocycles. The summed E-state index contributed by atoms with van der Waals surface area (Å²) in [7, 11) is 0. The Hall–Kier alpha value is -0.410. The second-order valence-electron chi connectivity index (χ2n) is 5.91. The highest BCUT2D eigenvalue weighted by atomic mass is 16.1. The van der Waals surface area contributed by atoms with Crippen LogP contribution < -0.4 is 11.1 Å². The molecule has 0 saturated heterocycles. The molecule has 0 unspecified atom stereocenters. The summed E-state index contributed by atoms with van der Waals surface area (Å²) in [6.07, 6.45) is 1.75. The van der Waals surface area contributed by atoms with Crippen LogP contribution in [-0.4, -0.2) is 24.4 Å². The number of Topliss-reactive ketones (excluding diaryl/α,β-unsaturated/α-hetero) is 1. The highest BCUT2D eigenvalue weighted by molar-refractivity contribution is 5.90. The van der Waals surface area contributed by atoms with Gasteiger partial charge < -0.3 is 11.1 Å². The summed E-state index contributed by atoms with van der Waals surface area (Å²) in [5.41, 5.74) is 5.55. The molecule has 0 aliphatic heterocycles. The van der Waals surface area contributed by atoms with Crippen molar-refractivity contribution in [3.05, 3.63) is 0 Å². The molecule has 2 fully saturated rings. The van der Waals surface area contributed by atoms with Crippen molar-refractivity contribution in [2.45, 2.75) is 39.2 Å². The van der Waals surface area contributed by atoms with Crippen LogP contribution in [0.25, 0.3) is 0 Å². The summed E-state index contributed by atoms with van der Waals surface area (Å²) < 4.78 is 0. The fourth-order valence-corrected chi connectivity index (χ4v) is 3.17. The molecule has 3 heteroatoms. The van der Waals surface area contributed by atoms with E-state index in [9.17, 15) is 4.79 Å². The average Bonchev–Trinajstić information content (AvgIpc) is 2.66. The third-order valence-corrected chi connectivity index (χ3v) is 4.60. The normalized spacial score (nSPS) is 42.5. The fraction of sp³-hybridized carbons (Fsp3) is 0.917. The van der Waals surface area contributed by atoms with Gasteiger partial charge in [0.1, 0.15) is 0 Å². The van der Waals surface area contributed by atoms with Gasteiger partial charge in [0.05, 0.1) is 5.54 Å². The average molecular weight is 210 g/mol. The highest BCUT2D eigenvalue weighted by Crippen LogP contribution is 2.65. The van der Waals surface area contributed by atoms with Crippen LogP contribution in [0.3, 0.4) is 0 Å². The van der Waals surface area contributed by atoms with Crippen LogP contribution in [0, 0.1) is 17.3 Å². The molecule has 15 heavy (non-hydrogen) atoms. The second kappa shape index (κ2) is 3.29. The number of ketones is 1. The summed E-state index contributed by atoms with van der Waals surface area (Å²) >= 11 is 0. The predicted molar refractivity (Wildman–Crippen MR) is 60.5 cm³/mol. The van der Waals surface area contributed by atoms with E-state index in [2.05, 4.69) is 19.2 Å². The van der Waals surface area contributed by atoms with E-state index in [1.54, 1.807) is 0 Å². The lowest BCUT2D eigenvalue weighted by Crippen LogP contribution is -2.53. The monoisotopic (exact) mass is 210 g/mol. The van der Waals surface area contributed by atoms with Crippen molar-refractivity contribution in [1.82, 2.24) is 5.32 Å². The summed E-state index contributed by atoms with van der Waals surface area (Å²) in [5, 5.41) is 3.32. The first-order valence-corrected chi connectivity index (χ1v) is 5.90. The summed E-state index contributed by atoms with van der Waals surface area (Å²) in [5.74, 6) is 1.74. The van der Waals surface area contributed by atoms with Gasteiger partial charge in [0.2, 0.25) is 0 Å². The molecule has 2 aliphatic rings. The van der Waals surface area contributed by atoms with Crippen molar-refractivity contribution < 1.29 is 4.79 Å². The minimum atomic E-state index is -0.311. The van der Waals surface area contributed by atoms with E-state index in [0.29, 0.717) is 23.7 Å². The van der Waals surface area contributed by atoms with E-state index in [1.165, 1.54) is 0 Å². The Bertz CT molecular complexity index is 287. The SMILES string of the molecule is CC1(C)[C@@H]2CC(=O)[C@@](C)(NCCN)C[C@@H]21. The molecule has 3 atom stereocenters.